The Bertz CT molecular complexity index is 892. The zero-order chi connectivity index (χ0) is 19.0. The number of hydrogen-bond acceptors (Lipinski definition) is 4. The molecule has 0 aliphatic carbocycles. The highest BCUT2D eigenvalue weighted by Gasteiger charge is 2.10. The summed E-state index contributed by atoms with van der Waals surface area (Å²) in [5.74, 6) is -1.19. The van der Waals surface area contributed by atoms with E-state index in [0.29, 0.717) is 11.1 Å². The monoisotopic (exact) mass is 373 g/mol. The van der Waals surface area contributed by atoms with Gasteiger partial charge >= 0.3 is 0 Å². The van der Waals surface area contributed by atoms with Crippen molar-refractivity contribution in [2.75, 3.05) is 6.54 Å². The lowest BCUT2D eigenvalue weighted by Crippen LogP contribution is -2.46. The lowest BCUT2D eigenvalue weighted by Gasteiger charge is -2.08. The van der Waals surface area contributed by atoms with Gasteiger partial charge in [-0.15, -0.1) is 0 Å². The maximum absolute atomic E-state index is 11.8. The molecule has 0 saturated carbocycles. The topological polar surface area (TPSA) is 104 Å². The van der Waals surface area contributed by atoms with Crippen LogP contribution in [0.5, 0.6) is 0 Å². The summed E-state index contributed by atoms with van der Waals surface area (Å²) in [4.78, 5) is 23.5. The van der Waals surface area contributed by atoms with Crippen LogP contribution in [-0.2, 0) is 14.8 Å². The normalized spacial score (nSPS) is 11.3. The fourth-order valence-corrected chi connectivity index (χ4v) is 2.66. The first kappa shape index (κ1) is 19.4. The predicted molar refractivity (Wildman–Crippen MR) is 99.2 cm³/mol. The average Bonchev–Trinajstić information content (AvgIpc) is 2.64. The zero-order valence-corrected chi connectivity index (χ0v) is 14.9. The Hall–Kier alpha value is -2.97. The highest BCUT2D eigenvalue weighted by Crippen LogP contribution is 2.03. The van der Waals surface area contributed by atoms with Crippen LogP contribution in [0.1, 0.15) is 21.5 Å². The second-order valence-corrected chi connectivity index (χ2v) is 7.10. The molecule has 0 bridgehead atoms. The van der Waals surface area contributed by atoms with E-state index in [1.54, 1.807) is 48.5 Å². The van der Waals surface area contributed by atoms with Gasteiger partial charge < -0.3 is 0 Å². The van der Waals surface area contributed by atoms with Crippen molar-refractivity contribution in [1.29, 1.82) is 0 Å². The molecule has 2 rings (SSSR count). The number of aryl methyl sites for hydroxylation is 1. The molecular formula is C18H19N3O4S. The average molecular weight is 373 g/mol. The van der Waals surface area contributed by atoms with Gasteiger partial charge in [0.25, 0.3) is 11.8 Å². The minimum Gasteiger partial charge on any atom is -0.272 e. The minimum absolute atomic E-state index is 0.377. The molecule has 0 spiro atoms. The van der Waals surface area contributed by atoms with E-state index < -0.39 is 28.4 Å². The number of carbonyl (C=O) groups is 2. The number of sulfonamides is 1. The molecule has 0 saturated heterocycles. The van der Waals surface area contributed by atoms with E-state index >= 15 is 0 Å². The smallest absolute Gasteiger partial charge is 0.269 e. The Balaban J connectivity index is 1.79. The molecule has 0 aromatic heterocycles. The molecule has 2 aromatic rings. The van der Waals surface area contributed by atoms with E-state index in [9.17, 15) is 18.0 Å². The van der Waals surface area contributed by atoms with Gasteiger partial charge in [0.1, 0.15) is 0 Å². The number of hydrazine groups is 1. The summed E-state index contributed by atoms with van der Waals surface area (Å²) in [6.07, 6.45) is 1.42. The number of hydrogen-bond donors (Lipinski definition) is 3. The maximum Gasteiger partial charge on any atom is 0.269 e. The molecule has 0 atom stereocenters. The van der Waals surface area contributed by atoms with E-state index in [1.807, 2.05) is 13.0 Å². The highest BCUT2D eigenvalue weighted by molar-refractivity contribution is 7.92. The van der Waals surface area contributed by atoms with Gasteiger partial charge in [0.05, 0.1) is 6.54 Å². The number of carbonyl (C=O) groups excluding carboxylic acids is 2. The molecule has 136 valence electrons. The van der Waals surface area contributed by atoms with E-state index in [2.05, 4.69) is 15.6 Å². The van der Waals surface area contributed by atoms with Crippen molar-refractivity contribution in [3.8, 4) is 0 Å². The Morgan fingerprint density at radius 2 is 1.62 bits per heavy atom. The van der Waals surface area contributed by atoms with Crippen molar-refractivity contribution in [1.82, 2.24) is 15.6 Å². The summed E-state index contributed by atoms with van der Waals surface area (Å²) >= 11 is 0. The molecular weight excluding hydrogens is 354 g/mol. The third-order valence-corrected chi connectivity index (χ3v) is 4.34. The Labute approximate surface area is 152 Å². The van der Waals surface area contributed by atoms with E-state index in [1.165, 1.54) is 6.08 Å². The van der Waals surface area contributed by atoms with Crippen LogP contribution < -0.4 is 15.6 Å². The van der Waals surface area contributed by atoms with Gasteiger partial charge in [-0.3, -0.25) is 20.4 Å². The van der Waals surface area contributed by atoms with Crippen molar-refractivity contribution >= 4 is 27.9 Å². The zero-order valence-electron chi connectivity index (χ0n) is 14.1. The molecule has 0 heterocycles. The second kappa shape index (κ2) is 8.93. The SMILES string of the molecule is Cc1ccc(C(=O)NNC(=O)CNS(=O)(=O)/C=C/c2ccccc2)cc1. The molecule has 0 aliphatic rings. The van der Waals surface area contributed by atoms with Gasteiger partial charge in [0, 0.05) is 11.0 Å². The first-order chi connectivity index (χ1) is 12.4. The lowest BCUT2D eigenvalue weighted by atomic mass is 10.1. The Morgan fingerprint density at radius 3 is 2.27 bits per heavy atom. The van der Waals surface area contributed by atoms with Crippen LogP contribution in [-0.4, -0.2) is 26.8 Å². The van der Waals surface area contributed by atoms with Crippen LogP contribution in [0.3, 0.4) is 0 Å². The molecule has 0 unspecified atom stereocenters. The molecule has 0 fully saturated rings. The molecule has 2 aromatic carbocycles. The van der Waals surface area contributed by atoms with Gasteiger partial charge in [0.15, 0.2) is 0 Å². The lowest BCUT2D eigenvalue weighted by molar-refractivity contribution is -0.120. The molecule has 8 heteroatoms. The number of nitrogens with one attached hydrogen (secondary N) is 3. The summed E-state index contributed by atoms with van der Waals surface area (Å²) < 4.78 is 25.8. The summed E-state index contributed by atoms with van der Waals surface area (Å²) in [6, 6.07) is 15.7. The van der Waals surface area contributed by atoms with Crippen LogP contribution >= 0.6 is 0 Å². The van der Waals surface area contributed by atoms with Crippen molar-refractivity contribution < 1.29 is 18.0 Å². The molecule has 2 amide bonds. The number of amides is 2. The summed E-state index contributed by atoms with van der Waals surface area (Å²) in [5.41, 5.74) is 6.47. The van der Waals surface area contributed by atoms with Crippen molar-refractivity contribution in [3.05, 3.63) is 76.7 Å². The van der Waals surface area contributed by atoms with Crippen LogP contribution in [0.15, 0.2) is 60.0 Å². The van der Waals surface area contributed by atoms with Crippen molar-refractivity contribution in [2.24, 2.45) is 0 Å². The Kier molecular flexibility index (Phi) is 6.65. The molecule has 3 N–H and O–H groups in total. The summed E-state index contributed by atoms with van der Waals surface area (Å²) in [6.45, 7) is 1.39. The molecule has 0 radical (unpaired) electrons. The third kappa shape index (κ3) is 6.50. The van der Waals surface area contributed by atoms with Gasteiger partial charge in [-0.05, 0) is 30.7 Å². The van der Waals surface area contributed by atoms with Crippen LogP contribution in [0.2, 0.25) is 0 Å². The maximum atomic E-state index is 11.8. The first-order valence-corrected chi connectivity index (χ1v) is 9.29. The fraction of sp³-hybridized carbons (Fsp3) is 0.111. The van der Waals surface area contributed by atoms with Crippen molar-refractivity contribution in [3.63, 3.8) is 0 Å². The predicted octanol–water partition coefficient (Wildman–Crippen LogP) is 1.35. The van der Waals surface area contributed by atoms with Crippen LogP contribution in [0.4, 0.5) is 0 Å². The Morgan fingerprint density at radius 1 is 0.962 bits per heavy atom. The summed E-state index contributed by atoms with van der Waals surface area (Å²) in [7, 11) is -3.77. The van der Waals surface area contributed by atoms with Gasteiger partial charge in [-0.2, -0.15) is 0 Å². The largest absolute Gasteiger partial charge is 0.272 e. The quantitative estimate of drug-likeness (QED) is 0.665. The van der Waals surface area contributed by atoms with E-state index in [0.717, 1.165) is 11.0 Å². The highest BCUT2D eigenvalue weighted by atomic mass is 32.2. The van der Waals surface area contributed by atoms with Gasteiger partial charge in [0.2, 0.25) is 10.0 Å². The van der Waals surface area contributed by atoms with Gasteiger partial charge in [-0.1, -0.05) is 48.0 Å². The van der Waals surface area contributed by atoms with Crippen LogP contribution in [0.25, 0.3) is 6.08 Å². The number of rotatable bonds is 6. The molecule has 7 nitrogen and oxygen atoms in total. The first-order valence-electron chi connectivity index (χ1n) is 7.74. The summed E-state index contributed by atoms with van der Waals surface area (Å²) in [5, 5.41) is 0.973. The fourth-order valence-electron chi connectivity index (χ4n) is 1.89. The van der Waals surface area contributed by atoms with Crippen molar-refractivity contribution in [2.45, 2.75) is 6.92 Å². The third-order valence-electron chi connectivity index (χ3n) is 3.30. The minimum atomic E-state index is -3.77. The van der Waals surface area contributed by atoms with Crippen LogP contribution in [0, 0.1) is 6.92 Å². The second-order valence-electron chi connectivity index (χ2n) is 5.45. The van der Waals surface area contributed by atoms with E-state index in [4.69, 9.17) is 0 Å². The van der Waals surface area contributed by atoms with Gasteiger partial charge in [-0.25, -0.2) is 13.1 Å². The van der Waals surface area contributed by atoms with E-state index in [-0.39, 0.29) is 0 Å². The number of benzene rings is 2. The molecule has 26 heavy (non-hydrogen) atoms. The standard InChI is InChI=1S/C18H19N3O4S/c1-14-7-9-16(10-8-14)18(23)21-20-17(22)13-19-26(24,25)12-11-15-5-3-2-4-6-15/h2-12,19H,13H2,1H3,(H,20,22)(H,21,23)/b12-11+. The molecule has 0 aliphatic heterocycles.